The van der Waals surface area contributed by atoms with Crippen LogP contribution in [-0.4, -0.2) is 67.9 Å². The SMILES string of the molecule is CCN(CC)S(=O)(=O)c1ccc(N2CCC(N3CCCC3)C2)c([N+](=O)[O-])c1. The van der Waals surface area contributed by atoms with Crippen LogP contribution in [0.1, 0.15) is 33.1 Å². The molecule has 0 bridgehead atoms. The van der Waals surface area contributed by atoms with Gasteiger partial charge in [-0.1, -0.05) is 13.8 Å². The van der Waals surface area contributed by atoms with Crippen LogP contribution in [0.25, 0.3) is 0 Å². The van der Waals surface area contributed by atoms with Gasteiger partial charge >= 0.3 is 0 Å². The number of hydrogen-bond donors (Lipinski definition) is 0. The number of hydrogen-bond acceptors (Lipinski definition) is 6. The smallest absolute Gasteiger partial charge is 0.293 e. The molecule has 2 aliphatic heterocycles. The Balaban J connectivity index is 1.88. The van der Waals surface area contributed by atoms with Crippen molar-refractivity contribution in [2.24, 2.45) is 0 Å². The molecule has 2 aliphatic rings. The van der Waals surface area contributed by atoms with Crippen molar-refractivity contribution in [2.45, 2.75) is 44.0 Å². The van der Waals surface area contributed by atoms with E-state index in [1.165, 1.54) is 29.3 Å². The van der Waals surface area contributed by atoms with Crippen LogP contribution in [0, 0.1) is 10.1 Å². The van der Waals surface area contributed by atoms with Gasteiger partial charge in [0.1, 0.15) is 5.69 Å². The fraction of sp³-hybridized carbons (Fsp3) is 0.667. The molecule has 0 amide bonds. The molecular weight excluding hydrogens is 368 g/mol. The highest BCUT2D eigenvalue weighted by Crippen LogP contribution is 2.34. The zero-order chi connectivity index (χ0) is 19.6. The predicted octanol–water partition coefficient (Wildman–Crippen LogP) is 2.30. The number of nitrogens with zero attached hydrogens (tertiary/aromatic N) is 4. The summed E-state index contributed by atoms with van der Waals surface area (Å²) in [6.07, 6.45) is 3.42. The topological polar surface area (TPSA) is 87.0 Å². The van der Waals surface area contributed by atoms with E-state index in [-0.39, 0.29) is 10.6 Å². The second kappa shape index (κ2) is 8.12. The average Bonchev–Trinajstić information content (AvgIpc) is 3.33. The zero-order valence-corrected chi connectivity index (χ0v) is 16.8. The van der Waals surface area contributed by atoms with Crippen LogP contribution in [0.4, 0.5) is 11.4 Å². The van der Waals surface area contributed by atoms with Gasteiger partial charge < -0.3 is 4.90 Å². The largest absolute Gasteiger partial charge is 0.364 e. The van der Waals surface area contributed by atoms with Gasteiger partial charge in [-0.25, -0.2) is 8.42 Å². The second-order valence-electron chi connectivity index (χ2n) is 7.13. The summed E-state index contributed by atoms with van der Waals surface area (Å²) in [6, 6.07) is 4.73. The van der Waals surface area contributed by atoms with E-state index in [0.29, 0.717) is 24.8 Å². The third-order valence-electron chi connectivity index (χ3n) is 5.65. The molecule has 0 spiro atoms. The van der Waals surface area contributed by atoms with Crippen molar-refractivity contribution in [3.63, 3.8) is 0 Å². The first-order valence-electron chi connectivity index (χ1n) is 9.66. The van der Waals surface area contributed by atoms with Gasteiger partial charge in [-0.3, -0.25) is 15.0 Å². The average molecular weight is 397 g/mol. The maximum Gasteiger partial charge on any atom is 0.293 e. The molecule has 2 saturated heterocycles. The van der Waals surface area contributed by atoms with E-state index < -0.39 is 14.9 Å². The van der Waals surface area contributed by atoms with Crippen LogP contribution in [0.5, 0.6) is 0 Å². The van der Waals surface area contributed by atoms with Gasteiger partial charge in [0.15, 0.2) is 0 Å². The first-order valence-corrected chi connectivity index (χ1v) is 11.1. The van der Waals surface area contributed by atoms with Crippen LogP contribution >= 0.6 is 0 Å². The van der Waals surface area contributed by atoms with Gasteiger partial charge in [0.2, 0.25) is 10.0 Å². The van der Waals surface area contributed by atoms with Gasteiger partial charge in [-0.05, 0) is 44.5 Å². The van der Waals surface area contributed by atoms with Crippen LogP contribution in [0.3, 0.4) is 0 Å². The summed E-state index contributed by atoms with van der Waals surface area (Å²) in [6.45, 7) is 7.88. The van der Waals surface area contributed by atoms with Crippen LogP contribution in [0.2, 0.25) is 0 Å². The van der Waals surface area contributed by atoms with Crippen LogP contribution in [-0.2, 0) is 10.0 Å². The fourth-order valence-corrected chi connectivity index (χ4v) is 5.63. The molecule has 0 radical (unpaired) electrons. The number of benzene rings is 1. The number of likely N-dealkylation sites (tertiary alicyclic amines) is 1. The molecule has 0 aromatic heterocycles. The van der Waals surface area contributed by atoms with E-state index in [9.17, 15) is 18.5 Å². The molecule has 1 unspecified atom stereocenters. The van der Waals surface area contributed by atoms with Crippen molar-refractivity contribution in [1.82, 2.24) is 9.21 Å². The number of nitro groups is 1. The van der Waals surface area contributed by atoms with Crippen molar-refractivity contribution in [2.75, 3.05) is 44.2 Å². The van der Waals surface area contributed by atoms with Crippen molar-refractivity contribution in [3.05, 3.63) is 28.3 Å². The standard InChI is InChI=1S/C18H28N4O4S/c1-3-21(4-2)27(25,26)16-7-8-17(18(13-16)22(23)24)20-12-9-15(14-20)19-10-5-6-11-19/h7-8,13,15H,3-6,9-12,14H2,1-2H3. The highest BCUT2D eigenvalue weighted by molar-refractivity contribution is 7.89. The lowest BCUT2D eigenvalue weighted by Gasteiger charge is -2.24. The monoisotopic (exact) mass is 396 g/mol. The maximum absolute atomic E-state index is 12.7. The Morgan fingerprint density at radius 2 is 1.85 bits per heavy atom. The molecule has 1 aromatic carbocycles. The second-order valence-corrected chi connectivity index (χ2v) is 9.07. The van der Waals surface area contributed by atoms with Crippen molar-refractivity contribution >= 4 is 21.4 Å². The highest BCUT2D eigenvalue weighted by atomic mass is 32.2. The Kier molecular flexibility index (Phi) is 6.02. The first-order chi connectivity index (χ1) is 12.9. The van der Waals surface area contributed by atoms with Gasteiger partial charge in [-0.15, -0.1) is 0 Å². The maximum atomic E-state index is 12.7. The Labute approximate surface area is 160 Å². The zero-order valence-electron chi connectivity index (χ0n) is 16.0. The third kappa shape index (κ3) is 3.95. The summed E-state index contributed by atoms with van der Waals surface area (Å²) in [5.74, 6) is 0. The highest BCUT2D eigenvalue weighted by Gasteiger charge is 2.33. The lowest BCUT2D eigenvalue weighted by Crippen LogP contribution is -2.35. The Hall–Kier alpha value is -1.71. The van der Waals surface area contributed by atoms with Crippen molar-refractivity contribution in [1.29, 1.82) is 0 Å². The van der Waals surface area contributed by atoms with Gasteiger partial charge in [0.25, 0.3) is 5.69 Å². The lowest BCUT2D eigenvalue weighted by atomic mass is 10.2. The van der Waals surface area contributed by atoms with Gasteiger partial charge in [0.05, 0.1) is 9.82 Å². The first kappa shape index (κ1) is 20.0. The summed E-state index contributed by atoms with van der Waals surface area (Å²) < 4.78 is 26.7. The minimum atomic E-state index is -3.72. The number of sulfonamides is 1. The lowest BCUT2D eigenvalue weighted by molar-refractivity contribution is -0.384. The van der Waals surface area contributed by atoms with E-state index in [2.05, 4.69) is 4.90 Å². The molecule has 2 heterocycles. The van der Waals surface area contributed by atoms with E-state index in [1.54, 1.807) is 19.9 Å². The number of rotatable bonds is 7. The molecule has 9 heteroatoms. The molecule has 150 valence electrons. The van der Waals surface area contributed by atoms with Crippen molar-refractivity contribution in [3.8, 4) is 0 Å². The van der Waals surface area contributed by atoms with E-state index in [1.807, 2.05) is 4.90 Å². The molecular formula is C18H28N4O4S. The molecule has 0 aliphatic carbocycles. The minimum absolute atomic E-state index is 0.0167. The van der Waals surface area contributed by atoms with Crippen LogP contribution < -0.4 is 4.90 Å². The van der Waals surface area contributed by atoms with E-state index >= 15 is 0 Å². The van der Waals surface area contributed by atoms with Gasteiger partial charge in [-0.2, -0.15) is 4.31 Å². The molecule has 0 saturated carbocycles. The quantitative estimate of drug-likeness (QED) is 0.519. The minimum Gasteiger partial charge on any atom is -0.364 e. The molecule has 1 aromatic rings. The number of nitro benzene ring substituents is 1. The fourth-order valence-electron chi connectivity index (χ4n) is 4.16. The molecule has 8 nitrogen and oxygen atoms in total. The molecule has 1 atom stereocenters. The molecule has 3 rings (SSSR count). The Morgan fingerprint density at radius 1 is 1.19 bits per heavy atom. The summed E-state index contributed by atoms with van der Waals surface area (Å²) >= 11 is 0. The third-order valence-corrected chi connectivity index (χ3v) is 7.69. The van der Waals surface area contributed by atoms with Crippen LogP contribution in [0.15, 0.2) is 23.1 Å². The van der Waals surface area contributed by atoms with Crippen molar-refractivity contribution < 1.29 is 13.3 Å². The summed E-state index contributed by atoms with van der Waals surface area (Å²) in [4.78, 5) is 15.7. The summed E-state index contributed by atoms with van der Waals surface area (Å²) in [7, 11) is -3.72. The Morgan fingerprint density at radius 3 is 2.44 bits per heavy atom. The summed E-state index contributed by atoms with van der Waals surface area (Å²) in [5.41, 5.74) is 0.380. The Bertz CT molecular complexity index is 789. The number of anilines is 1. The molecule has 0 N–H and O–H groups in total. The normalized spacial score (nSPS) is 21.3. The van der Waals surface area contributed by atoms with E-state index in [4.69, 9.17) is 0 Å². The predicted molar refractivity (Wildman–Crippen MR) is 105 cm³/mol. The van der Waals surface area contributed by atoms with Gasteiger partial charge in [0, 0.05) is 38.3 Å². The van der Waals surface area contributed by atoms with E-state index in [0.717, 1.165) is 32.6 Å². The molecule has 27 heavy (non-hydrogen) atoms. The molecule has 2 fully saturated rings. The summed E-state index contributed by atoms with van der Waals surface area (Å²) in [5, 5.41) is 11.7.